The van der Waals surface area contributed by atoms with E-state index in [-0.39, 0.29) is 6.04 Å². The van der Waals surface area contributed by atoms with Crippen LogP contribution in [-0.4, -0.2) is 32.4 Å². The number of hydrogen-bond donors (Lipinski definition) is 0. The Kier molecular flexibility index (Phi) is 3.63. The number of aromatic nitrogens is 4. The van der Waals surface area contributed by atoms with E-state index in [0.717, 1.165) is 71.6 Å². The number of benzene rings is 2. The van der Waals surface area contributed by atoms with Crippen molar-refractivity contribution in [2.45, 2.75) is 6.04 Å². The van der Waals surface area contributed by atoms with Crippen LogP contribution in [0.15, 0.2) is 89.4 Å². The zero-order valence-electron chi connectivity index (χ0n) is 18.4. The molecule has 0 spiro atoms. The topological polar surface area (TPSA) is 76.3 Å². The molecule has 2 aliphatic rings. The highest BCUT2D eigenvalue weighted by Crippen LogP contribution is 2.43. The molecule has 0 fully saturated rings. The standard InChI is InChI=1S/C29H16N6/c1-5-16-20-14-34-22(24(20)18-7-3-11-32-28(18)26(16)30-9-1)13-23-25-19-8-4-12-33-29(19)27-17(6-2-10-31-27)21(25)15-35-23/h1-15,22H/b23-13-. The fraction of sp³-hybridized carbons (Fsp3) is 0.0345. The summed E-state index contributed by atoms with van der Waals surface area (Å²) in [6.07, 6.45) is 13.3. The Hall–Kier alpha value is -4.84. The van der Waals surface area contributed by atoms with E-state index in [4.69, 9.17) is 9.98 Å². The van der Waals surface area contributed by atoms with E-state index in [1.165, 1.54) is 0 Å². The van der Waals surface area contributed by atoms with Crippen LogP contribution in [0.4, 0.5) is 0 Å². The average Bonchev–Trinajstić information content (AvgIpc) is 3.55. The van der Waals surface area contributed by atoms with Gasteiger partial charge in [0.1, 0.15) is 0 Å². The molecule has 4 aromatic heterocycles. The first-order chi connectivity index (χ1) is 17.4. The van der Waals surface area contributed by atoms with Crippen molar-refractivity contribution in [3.8, 4) is 0 Å². The molecular weight excluding hydrogens is 432 g/mol. The lowest BCUT2D eigenvalue weighted by molar-refractivity contribution is 0.953. The zero-order valence-corrected chi connectivity index (χ0v) is 18.4. The van der Waals surface area contributed by atoms with E-state index in [9.17, 15) is 0 Å². The Morgan fingerprint density at radius 2 is 1.11 bits per heavy atom. The number of pyridine rings is 4. The zero-order chi connectivity index (χ0) is 22.9. The first-order valence-corrected chi connectivity index (χ1v) is 11.5. The summed E-state index contributed by atoms with van der Waals surface area (Å²) < 4.78 is 0. The van der Waals surface area contributed by atoms with Crippen LogP contribution in [0.2, 0.25) is 0 Å². The molecule has 2 aliphatic heterocycles. The van der Waals surface area contributed by atoms with Crippen molar-refractivity contribution in [3.63, 3.8) is 0 Å². The summed E-state index contributed by atoms with van der Waals surface area (Å²) in [7, 11) is 0. The Labute approximate surface area is 199 Å². The van der Waals surface area contributed by atoms with Crippen LogP contribution in [0.3, 0.4) is 0 Å². The lowest BCUT2D eigenvalue weighted by atomic mass is 9.92. The van der Waals surface area contributed by atoms with Crippen LogP contribution in [-0.2, 0) is 0 Å². The lowest BCUT2D eigenvalue weighted by Gasteiger charge is -2.14. The fourth-order valence-electron chi connectivity index (χ4n) is 5.50. The minimum absolute atomic E-state index is 0.171. The summed E-state index contributed by atoms with van der Waals surface area (Å²) in [5, 5.41) is 4.25. The highest BCUT2D eigenvalue weighted by molar-refractivity contribution is 6.20. The summed E-state index contributed by atoms with van der Waals surface area (Å²) in [5.41, 5.74) is 8.91. The number of rotatable bonds is 1. The Morgan fingerprint density at radius 1 is 0.571 bits per heavy atom. The molecule has 0 aliphatic carbocycles. The summed E-state index contributed by atoms with van der Waals surface area (Å²) in [6, 6.07) is 16.1. The van der Waals surface area contributed by atoms with Gasteiger partial charge in [-0.3, -0.25) is 29.9 Å². The summed E-state index contributed by atoms with van der Waals surface area (Å²) in [4.78, 5) is 28.4. The maximum Gasteiger partial charge on any atom is 0.0971 e. The normalized spacial score (nSPS) is 17.3. The quantitative estimate of drug-likeness (QED) is 0.297. The first kappa shape index (κ1) is 18.6. The van der Waals surface area contributed by atoms with Crippen LogP contribution in [0, 0.1) is 0 Å². The SMILES string of the molecule is C1=N/C(=C\C2N=Cc3c2c2cccnc2c2ncccc32)c2c1c1cccnc1c1ncccc21. The van der Waals surface area contributed by atoms with Gasteiger partial charge >= 0.3 is 0 Å². The molecule has 35 heavy (non-hydrogen) atoms. The molecule has 6 nitrogen and oxygen atoms in total. The van der Waals surface area contributed by atoms with Crippen molar-refractivity contribution >= 4 is 61.7 Å². The van der Waals surface area contributed by atoms with Crippen molar-refractivity contribution in [3.05, 3.63) is 102 Å². The molecule has 162 valence electrons. The summed E-state index contributed by atoms with van der Waals surface area (Å²) in [5.74, 6) is 0. The lowest BCUT2D eigenvalue weighted by Crippen LogP contribution is -1.98. The van der Waals surface area contributed by atoms with E-state index >= 15 is 0 Å². The highest BCUT2D eigenvalue weighted by Gasteiger charge is 2.27. The largest absolute Gasteiger partial charge is 0.280 e. The van der Waals surface area contributed by atoms with Gasteiger partial charge in [0.05, 0.1) is 33.8 Å². The molecule has 6 heterocycles. The van der Waals surface area contributed by atoms with E-state index in [1.807, 2.05) is 61.5 Å². The van der Waals surface area contributed by atoms with Gasteiger partial charge in [-0.1, -0.05) is 24.3 Å². The number of hydrogen-bond acceptors (Lipinski definition) is 6. The third-order valence-electron chi connectivity index (χ3n) is 6.94. The fourth-order valence-corrected chi connectivity index (χ4v) is 5.50. The van der Waals surface area contributed by atoms with Crippen LogP contribution < -0.4 is 0 Å². The summed E-state index contributed by atoms with van der Waals surface area (Å²) in [6.45, 7) is 0. The summed E-state index contributed by atoms with van der Waals surface area (Å²) >= 11 is 0. The molecule has 8 rings (SSSR count). The number of aliphatic imine (C=N–C) groups is 2. The Bertz CT molecular complexity index is 1970. The molecule has 2 aromatic carbocycles. The third kappa shape index (κ3) is 2.48. The third-order valence-corrected chi connectivity index (χ3v) is 6.94. The molecule has 1 unspecified atom stereocenters. The van der Waals surface area contributed by atoms with E-state index in [1.54, 1.807) is 0 Å². The van der Waals surface area contributed by atoms with Crippen molar-refractivity contribution in [1.82, 2.24) is 19.9 Å². The minimum atomic E-state index is -0.171. The number of nitrogens with zero attached hydrogens (tertiary/aromatic N) is 6. The van der Waals surface area contributed by atoms with E-state index in [0.29, 0.717) is 0 Å². The van der Waals surface area contributed by atoms with Gasteiger partial charge in [-0.25, -0.2) is 0 Å². The first-order valence-electron chi connectivity index (χ1n) is 11.5. The minimum Gasteiger partial charge on any atom is -0.280 e. The molecular formula is C29H16N6. The van der Waals surface area contributed by atoms with Gasteiger partial charge in [0.15, 0.2) is 0 Å². The smallest absolute Gasteiger partial charge is 0.0971 e. The number of fused-ring (bicyclic) bond motifs is 12. The molecule has 1 atom stereocenters. The van der Waals surface area contributed by atoms with Gasteiger partial charge < -0.3 is 0 Å². The van der Waals surface area contributed by atoms with Crippen molar-refractivity contribution < 1.29 is 0 Å². The van der Waals surface area contributed by atoms with E-state index in [2.05, 4.69) is 50.3 Å². The monoisotopic (exact) mass is 448 g/mol. The van der Waals surface area contributed by atoms with Crippen LogP contribution in [0.1, 0.15) is 28.3 Å². The predicted molar refractivity (Wildman–Crippen MR) is 140 cm³/mol. The van der Waals surface area contributed by atoms with Crippen molar-refractivity contribution in [2.75, 3.05) is 0 Å². The van der Waals surface area contributed by atoms with Crippen LogP contribution >= 0.6 is 0 Å². The molecule has 0 saturated carbocycles. The molecule has 6 aromatic rings. The van der Waals surface area contributed by atoms with Gasteiger partial charge in [-0.2, -0.15) is 0 Å². The van der Waals surface area contributed by atoms with Crippen LogP contribution in [0.5, 0.6) is 0 Å². The maximum atomic E-state index is 4.92. The maximum absolute atomic E-state index is 4.92. The second-order valence-electron chi connectivity index (χ2n) is 8.75. The molecule has 0 N–H and O–H groups in total. The van der Waals surface area contributed by atoms with Gasteiger partial charge in [0, 0.05) is 75.5 Å². The van der Waals surface area contributed by atoms with Gasteiger partial charge in [0.25, 0.3) is 0 Å². The van der Waals surface area contributed by atoms with Gasteiger partial charge in [0.2, 0.25) is 0 Å². The predicted octanol–water partition coefficient (Wildman–Crippen LogP) is 5.83. The van der Waals surface area contributed by atoms with Gasteiger partial charge in [-0.05, 0) is 35.9 Å². The molecule has 0 radical (unpaired) electrons. The molecule has 6 heteroatoms. The average molecular weight is 448 g/mol. The van der Waals surface area contributed by atoms with Crippen LogP contribution in [0.25, 0.3) is 49.3 Å². The second-order valence-corrected chi connectivity index (χ2v) is 8.75. The Morgan fingerprint density at radius 3 is 1.80 bits per heavy atom. The molecule has 0 bridgehead atoms. The second kappa shape index (κ2) is 6.84. The molecule has 0 saturated heterocycles. The van der Waals surface area contributed by atoms with Crippen molar-refractivity contribution in [2.24, 2.45) is 9.98 Å². The molecule has 0 amide bonds. The highest BCUT2D eigenvalue weighted by atomic mass is 14.8. The van der Waals surface area contributed by atoms with E-state index < -0.39 is 0 Å². The van der Waals surface area contributed by atoms with Gasteiger partial charge in [-0.15, -0.1) is 0 Å². The Balaban J connectivity index is 1.40. The van der Waals surface area contributed by atoms with Crippen molar-refractivity contribution in [1.29, 1.82) is 0 Å².